The van der Waals surface area contributed by atoms with Crippen LogP contribution in [-0.4, -0.2) is 137 Å². The van der Waals surface area contributed by atoms with Crippen LogP contribution in [0.3, 0.4) is 0 Å². The van der Waals surface area contributed by atoms with Gasteiger partial charge in [-0.05, 0) is 114 Å². The van der Waals surface area contributed by atoms with E-state index in [1.54, 1.807) is 71.8 Å². The van der Waals surface area contributed by atoms with Crippen molar-refractivity contribution in [2.24, 2.45) is 5.41 Å². The molecule has 75 heavy (non-hydrogen) atoms. The summed E-state index contributed by atoms with van der Waals surface area (Å²) < 4.78 is 13.9. The van der Waals surface area contributed by atoms with E-state index in [1.807, 2.05) is 57.2 Å². The number of aryl methyl sites for hydroxylation is 1. The SMILES string of the molecule is CN[C@@H](C)C(=O)N[C@H](C(=O)N1C[C@@H](c2ccc3c(c2)CN(C(=O)[C@@H](NC(=O)[C@H](C)NC)C(C)(C)SCC(=O)NCCO)[C@H](C(=O)N[C@H](C)c2ccccc2F)C3)C[C@H]1C(=O)N[C@@H]1CCCc2ccccc21)C(C)(C)C. The van der Waals surface area contributed by atoms with Crippen LogP contribution in [0.2, 0.25) is 0 Å². The summed E-state index contributed by atoms with van der Waals surface area (Å²) in [4.78, 5) is 103. The Morgan fingerprint density at radius 1 is 0.760 bits per heavy atom. The smallest absolute Gasteiger partial charge is 0.247 e. The molecule has 6 rings (SSSR count). The summed E-state index contributed by atoms with van der Waals surface area (Å²) in [5.41, 5.74) is 4.03. The summed E-state index contributed by atoms with van der Waals surface area (Å²) in [5.74, 6) is -4.00. The number of halogens is 1. The standard InChI is InChI=1S/C56H78FN9O8S/c1-32(40-18-13-14-20-42(40)57)61-51(71)44-27-37-23-22-36(26-38(37)29-66(44)54(74)48(64-50(70)34(3)59-10)56(7,8)75-31-46(68)60-24-25-67)39-28-45(52(72)62-43-21-15-17-35-16-11-12-19-41(35)43)65(30-39)53(73)47(55(4,5)6)63-49(69)33(2)58-9/h11-14,16,18-20,22-23,26,32-34,39,43-45,47-48,58-59,67H,15,17,21,24-25,27-31H2,1-10H3,(H,60,68)(H,61,71)(H,62,72)(H,63,69)(H,64,70)/t32-,33+,34+,39+,43-,44+,45+,47-,48-/m1/s1. The average Bonchev–Trinajstić information content (AvgIpc) is 3.85. The molecule has 9 atom stereocenters. The molecule has 408 valence electrons. The summed E-state index contributed by atoms with van der Waals surface area (Å²) in [5, 5.41) is 29.9. The van der Waals surface area contributed by atoms with E-state index < -0.39 is 76.0 Å². The highest BCUT2D eigenvalue weighted by molar-refractivity contribution is 8.01. The van der Waals surface area contributed by atoms with E-state index in [1.165, 1.54) is 16.5 Å². The number of carbonyl (C=O) groups excluding carboxylic acids is 7. The van der Waals surface area contributed by atoms with Crippen molar-refractivity contribution >= 4 is 53.1 Å². The van der Waals surface area contributed by atoms with Crippen LogP contribution in [0.4, 0.5) is 4.39 Å². The lowest BCUT2D eigenvalue weighted by Crippen LogP contribution is -2.63. The molecule has 0 unspecified atom stereocenters. The number of aliphatic hydroxyl groups is 1. The van der Waals surface area contributed by atoms with E-state index in [9.17, 15) is 29.1 Å². The Morgan fingerprint density at radius 2 is 1.40 bits per heavy atom. The Balaban J connectivity index is 1.38. The maximum atomic E-state index is 15.4. The molecule has 19 heteroatoms. The van der Waals surface area contributed by atoms with Crippen LogP contribution < -0.4 is 37.2 Å². The van der Waals surface area contributed by atoms with Gasteiger partial charge in [0, 0.05) is 42.3 Å². The molecule has 1 saturated heterocycles. The predicted molar refractivity (Wildman–Crippen MR) is 288 cm³/mol. The summed E-state index contributed by atoms with van der Waals surface area (Å²) in [6.45, 7) is 14.0. The number of nitrogens with zero attached hydrogens (tertiary/aromatic N) is 2. The van der Waals surface area contributed by atoms with Crippen molar-refractivity contribution in [3.63, 3.8) is 0 Å². The van der Waals surface area contributed by atoms with Crippen LogP contribution in [0.25, 0.3) is 0 Å². The molecule has 2 heterocycles. The van der Waals surface area contributed by atoms with Gasteiger partial charge >= 0.3 is 0 Å². The molecule has 7 amide bonds. The number of benzene rings is 3. The number of hydrogen-bond donors (Lipinski definition) is 8. The van der Waals surface area contributed by atoms with Gasteiger partial charge in [-0.15, -0.1) is 11.8 Å². The number of fused-ring (bicyclic) bond motifs is 2. The van der Waals surface area contributed by atoms with Gasteiger partial charge in [0.05, 0.1) is 36.5 Å². The molecule has 0 bridgehead atoms. The largest absolute Gasteiger partial charge is 0.395 e. The Hall–Kier alpha value is -5.89. The van der Waals surface area contributed by atoms with Gasteiger partial charge < -0.3 is 52.1 Å². The molecule has 1 fully saturated rings. The van der Waals surface area contributed by atoms with Crippen molar-refractivity contribution in [1.82, 2.24) is 47.0 Å². The van der Waals surface area contributed by atoms with Gasteiger partial charge in [-0.2, -0.15) is 0 Å². The first-order valence-electron chi connectivity index (χ1n) is 26.1. The Kier molecular flexibility index (Phi) is 19.7. The molecule has 0 spiro atoms. The highest BCUT2D eigenvalue weighted by Gasteiger charge is 2.48. The topological polar surface area (TPSA) is 230 Å². The second-order valence-corrected chi connectivity index (χ2v) is 23.4. The number of likely N-dealkylation sites (tertiary alicyclic amines) is 1. The summed E-state index contributed by atoms with van der Waals surface area (Å²) in [6, 6.07) is 13.4. The fourth-order valence-corrected chi connectivity index (χ4v) is 11.1. The molecular weight excluding hydrogens is 978 g/mol. The summed E-state index contributed by atoms with van der Waals surface area (Å²) >= 11 is 1.13. The van der Waals surface area contributed by atoms with E-state index in [0.29, 0.717) is 5.56 Å². The lowest BCUT2D eigenvalue weighted by atomic mass is 9.85. The van der Waals surface area contributed by atoms with Gasteiger partial charge in [-0.1, -0.05) is 81.4 Å². The first kappa shape index (κ1) is 58.4. The maximum Gasteiger partial charge on any atom is 0.247 e. The van der Waals surface area contributed by atoms with Crippen LogP contribution in [-0.2, 0) is 52.9 Å². The second kappa shape index (κ2) is 25.3. The van der Waals surface area contributed by atoms with Crippen molar-refractivity contribution in [2.45, 2.75) is 153 Å². The van der Waals surface area contributed by atoms with Crippen molar-refractivity contribution in [2.75, 3.05) is 39.5 Å². The van der Waals surface area contributed by atoms with E-state index in [2.05, 4.69) is 43.3 Å². The van der Waals surface area contributed by atoms with Gasteiger partial charge in [0.2, 0.25) is 41.4 Å². The zero-order valence-electron chi connectivity index (χ0n) is 45.1. The molecule has 8 N–H and O–H groups in total. The molecule has 3 aliphatic rings. The lowest BCUT2D eigenvalue weighted by molar-refractivity contribution is -0.145. The van der Waals surface area contributed by atoms with Crippen molar-refractivity contribution in [3.8, 4) is 0 Å². The van der Waals surface area contributed by atoms with Crippen LogP contribution in [0.15, 0.2) is 66.7 Å². The van der Waals surface area contributed by atoms with Crippen molar-refractivity contribution < 1.29 is 43.1 Å². The molecule has 0 radical (unpaired) electrons. The quantitative estimate of drug-likeness (QED) is 0.0814. The first-order chi connectivity index (χ1) is 35.5. The van der Waals surface area contributed by atoms with Crippen LogP contribution in [0.1, 0.15) is 126 Å². The van der Waals surface area contributed by atoms with E-state index in [4.69, 9.17) is 0 Å². The monoisotopic (exact) mass is 1060 g/mol. The number of hydrogen-bond acceptors (Lipinski definition) is 11. The highest BCUT2D eigenvalue weighted by atomic mass is 32.2. The van der Waals surface area contributed by atoms with Crippen LogP contribution in [0.5, 0.6) is 0 Å². The van der Waals surface area contributed by atoms with E-state index in [-0.39, 0.29) is 86.0 Å². The van der Waals surface area contributed by atoms with E-state index in [0.717, 1.165) is 47.7 Å². The number of amides is 7. The molecule has 3 aromatic rings. The maximum absolute atomic E-state index is 15.4. The summed E-state index contributed by atoms with van der Waals surface area (Å²) in [7, 11) is 3.27. The van der Waals surface area contributed by atoms with Crippen molar-refractivity contribution in [3.05, 3.63) is 106 Å². The third-order valence-corrected chi connectivity index (χ3v) is 16.4. The highest BCUT2D eigenvalue weighted by Crippen LogP contribution is 2.39. The number of thioether (sulfide) groups is 1. The number of nitrogens with one attached hydrogen (secondary N) is 7. The Bertz CT molecular complexity index is 2570. The number of rotatable bonds is 20. The van der Waals surface area contributed by atoms with Gasteiger partial charge in [-0.3, -0.25) is 33.6 Å². The zero-order chi connectivity index (χ0) is 54.9. The summed E-state index contributed by atoms with van der Waals surface area (Å²) in [6.07, 6.45) is 2.86. The molecule has 17 nitrogen and oxygen atoms in total. The minimum atomic E-state index is -1.27. The normalized spacial score (nSPS) is 20.5. The van der Waals surface area contributed by atoms with E-state index >= 15 is 14.0 Å². The van der Waals surface area contributed by atoms with Crippen LogP contribution in [0, 0.1) is 11.2 Å². The third-order valence-electron chi connectivity index (χ3n) is 15.0. The number of likely N-dealkylation sites (N-methyl/N-ethyl adjacent to an activating group) is 2. The molecule has 3 aromatic carbocycles. The molecule has 0 aromatic heterocycles. The minimum absolute atomic E-state index is 0.0420. The molecule has 2 aliphatic heterocycles. The number of carbonyl (C=O) groups is 7. The van der Waals surface area contributed by atoms with Gasteiger partial charge in [0.1, 0.15) is 30.0 Å². The van der Waals surface area contributed by atoms with Gasteiger partial charge in [0.15, 0.2) is 0 Å². The number of aliphatic hydroxyl groups excluding tert-OH is 1. The van der Waals surface area contributed by atoms with Crippen molar-refractivity contribution in [1.29, 1.82) is 0 Å². The molecule has 1 aliphatic carbocycles. The van der Waals surface area contributed by atoms with Crippen LogP contribution >= 0.6 is 11.8 Å². The fourth-order valence-electron chi connectivity index (χ4n) is 10.2. The average molecular weight is 1060 g/mol. The second-order valence-electron chi connectivity index (χ2n) is 21.8. The molecular formula is C56H78FN9O8S. The predicted octanol–water partition coefficient (Wildman–Crippen LogP) is 3.69. The first-order valence-corrected chi connectivity index (χ1v) is 27.1. The Morgan fingerprint density at radius 3 is 2.05 bits per heavy atom. The minimum Gasteiger partial charge on any atom is -0.395 e. The van der Waals surface area contributed by atoms with Gasteiger partial charge in [0.25, 0.3) is 0 Å². The lowest BCUT2D eigenvalue weighted by Gasteiger charge is -2.42. The third kappa shape index (κ3) is 14.1. The fraction of sp³-hybridized carbons (Fsp3) is 0.554. The molecule has 0 saturated carbocycles. The van der Waals surface area contributed by atoms with Gasteiger partial charge in [-0.25, -0.2) is 4.39 Å². The Labute approximate surface area is 445 Å². The zero-order valence-corrected chi connectivity index (χ0v) is 45.9.